The molecule has 0 saturated carbocycles. The van der Waals surface area contributed by atoms with Gasteiger partial charge in [0.15, 0.2) is 0 Å². The fourth-order valence-corrected chi connectivity index (χ4v) is 2.97. The molecule has 2 atom stereocenters. The predicted octanol–water partition coefficient (Wildman–Crippen LogP) is 1.93. The van der Waals surface area contributed by atoms with E-state index < -0.39 is 12.0 Å². The van der Waals surface area contributed by atoms with Gasteiger partial charge in [-0.3, -0.25) is 4.79 Å². The van der Waals surface area contributed by atoms with E-state index in [1.165, 1.54) is 16.2 Å². The molecule has 2 heterocycles. The van der Waals surface area contributed by atoms with Gasteiger partial charge in [-0.2, -0.15) is 0 Å². The molecule has 1 aromatic heterocycles. The zero-order valence-electron chi connectivity index (χ0n) is 9.63. The Morgan fingerprint density at radius 3 is 2.94 bits per heavy atom. The molecule has 1 fully saturated rings. The van der Waals surface area contributed by atoms with E-state index in [9.17, 15) is 9.59 Å². The first-order chi connectivity index (χ1) is 8.11. The predicted molar refractivity (Wildman–Crippen MR) is 65.1 cm³/mol. The second-order valence-corrected chi connectivity index (χ2v) is 5.24. The van der Waals surface area contributed by atoms with Crippen molar-refractivity contribution >= 4 is 23.2 Å². The lowest BCUT2D eigenvalue weighted by molar-refractivity contribution is -0.148. The van der Waals surface area contributed by atoms with Crippen molar-refractivity contribution in [1.29, 1.82) is 0 Å². The summed E-state index contributed by atoms with van der Waals surface area (Å²) in [6.07, 6.45) is 1.35. The summed E-state index contributed by atoms with van der Waals surface area (Å²) in [5.41, 5.74) is 0. The molecule has 0 bridgehead atoms. The maximum absolute atomic E-state index is 12.2. The SMILES string of the molecule is CC(C(=O)N1CCCC1C(=O)O)c1cccs1. The first kappa shape index (κ1) is 12.1. The van der Waals surface area contributed by atoms with E-state index in [1.54, 1.807) is 0 Å². The van der Waals surface area contributed by atoms with Crippen LogP contribution in [0.2, 0.25) is 0 Å². The number of carbonyl (C=O) groups is 2. The van der Waals surface area contributed by atoms with Crippen LogP contribution in [-0.4, -0.2) is 34.5 Å². The Hall–Kier alpha value is -1.36. The number of aliphatic carboxylic acids is 1. The van der Waals surface area contributed by atoms with Crippen molar-refractivity contribution in [2.24, 2.45) is 0 Å². The minimum absolute atomic E-state index is 0.0719. The van der Waals surface area contributed by atoms with E-state index >= 15 is 0 Å². The summed E-state index contributed by atoms with van der Waals surface area (Å²) in [7, 11) is 0. The molecular formula is C12H15NO3S. The van der Waals surface area contributed by atoms with Crippen molar-refractivity contribution in [3.05, 3.63) is 22.4 Å². The number of carbonyl (C=O) groups excluding carboxylic acids is 1. The highest BCUT2D eigenvalue weighted by Gasteiger charge is 2.36. The van der Waals surface area contributed by atoms with Crippen LogP contribution < -0.4 is 0 Å². The molecule has 17 heavy (non-hydrogen) atoms. The van der Waals surface area contributed by atoms with Gasteiger partial charge < -0.3 is 10.0 Å². The van der Waals surface area contributed by atoms with Gasteiger partial charge in [0.25, 0.3) is 0 Å². The largest absolute Gasteiger partial charge is 0.480 e. The van der Waals surface area contributed by atoms with Crippen molar-refractivity contribution in [2.75, 3.05) is 6.54 Å². The van der Waals surface area contributed by atoms with Crippen molar-refractivity contribution < 1.29 is 14.7 Å². The summed E-state index contributed by atoms with van der Waals surface area (Å²) in [5, 5.41) is 11.0. The highest BCUT2D eigenvalue weighted by atomic mass is 32.1. The van der Waals surface area contributed by atoms with Crippen LogP contribution in [0.3, 0.4) is 0 Å². The molecule has 92 valence electrons. The smallest absolute Gasteiger partial charge is 0.326 e. The molecule has 2 rings (SSSR count). The van der Waals surface area contributed by atoms with Gasteiger partial charge in [0.2, 0.25) is 5.91 Å². The Bertz CT molecular complexity index is 415. The Labute approximate surface area is 104 Å². The standard InChI is InChI=1S/C12H15NO3S/c1-8(10-5-3-7-17-10)11(14)13-6-2-4-9(13)12(15)16/h3,5,7-9H,2,4,6H2,1H3,(H,15,16). The summed E-state index contributed by atoms with van der Waals surface area (Å²) in [5.74, 6) is -1.21. The van der Waals surface area contributed by atoms with Gasteiger partial charge in [-0.15, -0.1) is 11.3 Å². The van der Waals surface area contributed by atoms with E-state index in [4.69, 9.17) is 5.11 Å². The maximum Gasteiger partial charge on any atom is 0.326 e. The molecule has 0 radical (unpaired) electrons. The third-order valence-corrected chi connectivity index (χ3v) is 4.22. The maximum atomic E-state index is 12.2. The number of likely N-dealkylation sites (tertiary alicyclic amines) is 1. The van der Waals surface area contributed by atoms with Crippen LogP contribution in [0, 0.1) is 0 Å². The molecule has 0 aliphatic carbocycles. The normalized spacial score (nSPS) is 21.5. The third-order valence-electron chi connectivity index (χ3n) is 3.16. The van der Waals surface area contributed by atoms with E-state index in [1.807, 2.05) is 24.4 Å². The average molecular weight is 253 g/mol. The summed E-state index contributed by atoms with van der Waals surface area (Å²) in [6.45, 7) is 2.40. The minimum Gasteiger partial charge on any atom is -0.480 e. The lowest BCUT2D eigenvalue weighted by Crippen LogP contribution is -2.42. The van der Waals surface area contributed by atoms with E-state index in [0.717, 1.165) is 11.3 Å². The van der Waals surface area contributed by atoms with Crippen molar-refractivity contribution in [3.63, 3.8) is 0 Å². The Morgan fingerprint density at radius 2 is 2.35 bits per heavy atom. The summed E-state index contributed by atoms with van der Waals surface area (Å²) < 4.78 is 0. The summed E-state index contributed by atoms with van der Waals surface area (Å²) in [4.78, 5) is 25.8. The first-order valence-electron chi connectivity index (χ1n) is 5.68. The number of nitrogens with zero attached hydrogens (tertiary/aromatic N) is 1. The van der Waals surface area contributed by atoms with Crippen LogP contribution >= 0.6 is 11.3 Å². The number of hydrogen-bond acceptors (Lipinski definition) is 3. The first-order valence-corrected chi connectivity index (χ1v) is 6.56. The Balaban J connectivity index is 2.12. The van der Waals surface area contributed by atoms with Gasteiger partial charge in [0.1, 0.15) is 6.04 Å². The van der Waals surface area contributed by atoms with Gasteiger partial charge >= 0.3 is 5.97 Å². The molecule has 1 aromatic rings. The van der Waals surface area contributed by atoms with Gasteiger partial charge in [0.05, 0.1) is 5.92 Å². The molecule has 1 N–H and O–H groups in total. The Morgan fingerprint density at radius 1 is 1.59 bits per heavy atom. The fourth-order valence-electron chi connectivity index (χ4n) is 2.20. The quantitative estimate of drug-likeness (QED) is 0.895. The molecule has 1 amide bonds. The lowest BCUT2D eigenvalue weighted by atomic mass is 10.1. The molecule has 1 saturated heterocycles. The zero-order chi connectivity index (χ0) is 12.4. The van der Waals surface area contributed by atoms with Crippen LogP contribution in [0.5, 0.6) is 0 Å². The van der Waals surface area contributed by atoms with E-state index in [2.05, 4.69) is 0 Å². The van der Waals surface area contributed by atoms with Crippen LogP contribution in [0.1, 0.15) is 30.6 Å². The molecule has 5 heteroatoms. The number of carboxylic acids is 1. The molecule has 1 aliphatic heterocycles. The van der Waals surface area contributed by atoms with Crippen LogP contribution in [-0.2, 0) is 9.59 Å². The van der Waals surface area contributed by atoms with Gasteiger partial charge in [-0.05, 0) is 31.2 Å². The number of carboxylic acid groups (broad SMARTS) is 1. The average Bonchev–Trinajstić information content (AvgIpc) is 2.97. The number of thiophene rings is 1. The molecule has 1 aliphatic rings. The second-order valence-electron chi connectivity index (χ2n) is 4.27. The highest BCUT2D eigenvalue weighted by molar-refractivity contribution is 7.10. The van der Waals surface area contributed by atoms with Gasteiger partial charge in [-0.25, -0.2) is 4.79 Å². The number of hydrogen-bond donors (Lipinski definition) is 1. The second kappa shape index (κ2) is 4.87. The molecule has 2 unspecified atom stereocenters. The van der Waals surface area contributed by atoms with Gasteiger partial charge in [-0.1, -0.05) is 6.07 Å². The molecule has 0 aromatic carbocycles. The topological polar surface area (TPSA) is 57.6 Å². The van der Waals surface area contributed by atoms with Crippen LogP contribution in [0.15, 0.2) is 17.5 Å². The molecule has 4 nitrogen and oxygen atoms in total. The Kier molecular flexibility index (Phi) is 3.47. The van der Waals surface area contributed by atoms with Crippen LogP contribution in [0.25, 0.3) is 0 Å². The zero-order valence-corrected chi connectivity index (χ0v) is 10.4. The van der Waals surface area contributed by atoms with Crippen molar-refractivity contribution in [2.45, 2.75) is 31.7 Å². The highest BCUT2D eigenvalue weighted by Crippen LogP contribution is 2.27. The van der Waals surface area contributed by atoms with E-state index in [-0.39, 0.29) is 11.8 Å². The van der Waals surface area contributed by atoms with Gasteiger partial charge in [0, 0.05) is 11.4 Å². The van der Waals surface area contributed by atoms with Crippen molar-refractivity contribution in [3.8, 4) is 0 Å². The van der Waals surface area contributed by atoms with E-state index in [0.29, 0.717) is 13.0 Å². The number of amides is 1. The molecular weight excluding hydrogens is 238 g/mol. The lowest BCUT2D eigenvalue weighted by Gasteiger charge is -2.24. The fraction of sp³-hybridized carbons (Fsp3) is 0.500. The number of rotatable bonds is 3. The monoisotopic (exact) mass is 253 g/mol. The minimum atomic E-state index is -0.894. The molecule has 0 spiro atoms. The summed E-state index contributed by atoms with van der Waals surface area (Å²) >= 11 is 1.53. The third kappa shape index (κ3) is 2.34. The van der Waals surface area contributed by atoms with Crippen LogP contribution in [0.4, 0.5) is 0 Å². The summed E-state index contributed by atoms with van der Waals surface area (Å²) in [6, 6.07) is 3.19. The van der Waals surface area contributed by atoms with Crippen molar-refractivity contribution in [1.82, 2.24) is 4.90 Å².